The molecule has 1 spiro atoms. The smallest absolute Gasteiger partial charge is 0.355 e. The van der Waals surface area contributed by atoms with Crippen LogP contribution in [0.25, 0.3) is 5.70 Å². The van der Waals surface area contributed by atoms with Crippen molar-refractivity contribution in [3.8, 4) is 0 Å². The number of fused-ring (bicyclic) bond motifs is 3. The number of nitrogens with zero attached hydrogens (tertiary/aromatic N) is 3. The number of hydrogen-bond acceptors (Lipinski definition) is 6. The predicted octanol–water partition coefficient (Wildman–Crippen LogP) is 2.90. The summed E-state index contributed by atoms with van der Waals surface area (Å²) in [4.78, 5) is 30.5. The summed E-state index contributed by atoms with van der Waals surface area (Å²) in [6.07, 6.45) is 14.4. The summed E-state index contributed by atoms with van der Waals surface area (Å²) in [5.41, 5.74) is 0.813. The number of carbonyl (C=O) groups excluding carboxylic acids is 2. The fraction of sp³-hybridized carbons (Fsp3) is 0.278. The van der Waals surface area contributed by atoms with Gasteiger partial charge in [0.2, 0.25) is 5.95 Å². The molecule has 3 aliphatic rings. The molecule has 25 heavy (non-hydrogen) atoms. The predicted molar refractivity (Wildman–Crippen MR) is 95.9 cm³/mol. The molecule has 0 fully saturated rings. The Morgan fingerprint density at radius 3 is 3.00 bits per heavy atom. The fourth-order valence-corrected chi connectivity index (χ4v) is 4.15. The van der Waals surface area contributed by atoms with Crippen LogP contribution in [0.1, 0.15) is 20.3 Å². The van der Waals surface area contributed by atoms with Crippen molar-refractivity contribution in [2.45, 2.75) is 30.8 Å². The summed E-state index contributed by atoms with van der Waals surface area (Å²) in [6.45, 7) is 3.62. The summed E-state index contributed by atoms with van der Waals surface area (Å²) in [5.74, 6) is 0.229. The molecule has 1 aromatic heterocycles. The van der Waals surface area contributed by atoms with Crippen molar-refractivity contribution in [1.29, 1.82) is 0 Å². The molecule has 0 saturated heterocycles. The highest BCUT2D eigenvalue weighted by Gasteiger charge is 2.51. The Balaban J connectivity index is 1.90. The Morgan fingerprint density at radius 2 is 2.24 bits per heavy atom. The number of anilines is 1. The van der Waals surface area contributed by atoms with E-state index >= 15 is 0 Å². The average Bonchev–Trinajstić information content (AvgIpc) is 3.10. The third kappa shape index (κ3) is 2.22. The first-order chi connectivity index (χ1) is 12.1. The van der Waals surface area contributed by atoms with E-state index in [2.05, 4.69) is 23.2 Å². The van der Waals surface area contributed by atoms with Crippen molar-refractivity contribution in [1.82, 2.24) is 9.55 Å². The molecule has 0 aromatic carbocycles. The summed E-state index contributed by atoms with van der Waals surface area (Å²) >= 11 is 1.14. The lowest BCUT2D eigenvalue weighted by molar-refractivity contribution is -0.138. The minimum atomic E-state index is -0.606. The first kappa shape index (κ1) is 16.0. The second kappa shape index (κ2) is 5.77. The van der Waals surface area contributed by atoms with Gasteiger partial charge in [0.05, 0.1) is 18.5 Å². The Kier molecular flexibility index (Phi) is 3.68. The van der Waals surface area contributed by atoms with Crippen molar-refractivity contribution >= 4 is 34.5 Å². The van der Waals surface area contributed by atoms with Gasteiger partial charge in [-0.25, -0.2) is 9.78 Å². The van der Waals surface area contributed by atoms with Gasteiger partial charge in [0.15, 0.2) is 5.12 Å². The number of carbonyl (C=O) groups is 2. The maximum absolute atomic E-state index is 12.5. The van der Waals surface area contributed by atoms with Gasteiger partial charge in [-0.3, -0.25) is 14.3 Å². The van der Waals surface area contributed by atoms with E-state index in [-0.39, 0.29) is 11.1 Å². The highest BCUT2D eigenvalue weighted by atomic mass is 32.2. The first-order valence-corrected chi connectivity index (χ1v) is 8.92. The van der Waals surface area contributed by atoms with Gasteiger partial charge >= 0.3 is 5.97 Å². The molecule has 0 radical (unpaired) electrons. The van der Waals surface area contributed by atoms with Crippen LogP contribution in [-0.2, 0) is 14.3 Å². The number of esters is 1. The second-order valence-electron chi connectivity index (χ2n) is 5.85. The van der Waals surface area contributed by atoms with Crippen LogP contribution < -0.4 is 4.90 Å². The number of ether oxygens (including phenoxy) is 1. The third-order valence-corrected chi connectivity index (χ3v) is 5.11. The molecule has 0 N–H and O–H groups in total. The summed E-state index contributed by atoms with van der Waals surface area (Å²) in [7, 11) is 0. The zero-order chi connectivity index (χ0) is 17.6. The quantitative estimate of drug-likeness (QED) is 0.472. The average molecular weight is 355 g/mol. The van der Waals surface area contributed by atoms with E-state index in [0.717, 1.165) is 28.9 Å². The van der Waals surface area contributed by atoms with Crippen LogP contribution in [0.5, 0.6) is 0 Å². The van der Waals surface area contributed by atoms with Crippen molar-refractivity contribution in [2.75, 3.05) is 11.5 Å². The van der Waals surface area contributed by atoms with Crippen molar-refractivity contribution < 1.29 is 14.3 Å². The van der Waals surface area contributed by atoms with Crippen LogP contribution in [0, 0.1) is 0 Å². The number of aromatic nitrogens is 2. The Bertz CT molecular complexity index is 893. The normalized spacial score (nSPS) is 22.7. The summed E-state index contributed by atoms with van der Waals surface area (Å²) < 4.78 is 7.19. The van der Waals surface area contributed by atoms with E-state index in [1.807, 2.05) is 21.6 Å². The molecule has 1 atom stereocenters. The number of allylic oxidation sites excluding steroid dienone is 4. The lowest BCUT2D eigenvalue weighted by atomic mass is 9.86. The molecular formula is C18H17N3O3S. The Labute approximate surface area is 149 Å². The molecule has 1 aromatic rings. The van der Waals surface area contributed by atoms with Gasteiger partial charge in [0.25, 0.3) is 0 Å². The molecule has 0 bridgehead atoms. The summed E-state index contributed by atoms with van der Waals surface area (Å²) in [6, 6.07) is 0. The van der Waals surface area contributed by atoms with Crippen LogP contribution in [0.3, 0.4) is 0 Å². The molecule has 4 rings (SSSR count). The molecular weight excluding hydrogens is 338 g/mol. The van der Waals surface area contributed by atoms with Crippen molar-refractivity contribution in [2.24, 2.45) is 0 Å². The number of hydrogen-bond donors (Lipinski definition) is 0. The van der Waals surface area contributed by atoms with Crippen LogP contribution in [0.4, 0.5) is 5.95 Å². The first-order valence-electron chi connectivity index (χ1n) is 8.10. The lowest BCUT2D eigenvalue weighted by Gasteiger charge is -2.38. The standard InChI is InChI=1S/C18H17N3O3S/c1-3-24-16(23)13-7-6-10-18-9-5-4-8-14(18)20-15(25-12(2)22)11-19-17(20)21(13)18/h5-11H,3-4H2,1-2H3. The van der Waals surface area contributed by atoms with Crippen LogP contribution in [0.2, 0.25) is 0 Å². The second-order valence-corrected chi connectivity index (χ2v) is 7.04. The SMILES string of the molecule is CCOC(=O)C1=CC=CC23C=CCC=C2n2c(SC(C)=O)cnc2N13. The van der Waals surface area contributed by atoms with Crippen molar-refractivity contribution in [3.05, 3.63) is 48.4 Å². The Hall–Kier alpha value is -2.54. The molecule has 0 amide bonds. The molecule has 1 unspecified atom stereocenters. The molecule has 0 saturated carbocycles. The van der Waals surface area contributed by atoms with E-state index < -0.39 is 5.54 Å². The molecule has 2 aliphatic heterocycles. The summed E-state index contributed by atoms with van der Waals surface area (Å²) in [5, 5.41) is 0.736. The van der Waals surface area contributed by atoms with Gasteiger partial charge in [-0.1, -0.05) is 24.3 Å². The van der Waals surface area contributed by atoms with Gasteiger partial charge < -0.3 is 4.74 Å². The molecule has 6 nitrogen and oxygen atoms in total. The van der Waals surface area contributed by atoms with Crippen LogP contribution >= 0.6 is 11.8 Å². The number of thioether (sulfide) groups is 1. The highest BCUT2D eigenvalue weighted by molar-refractivity contribution is 8.13. The number of rotatable bonds is 3. The van der Waals surface area contributed by atoms with Crippen LogP contribution in [-0.4, -0.2) is 32.8 Å². The van der Waals surface area contributed by atoms with Gasteiger partial charge in [-0.2, -0.15) is 0 Å². The van der Waals surface area contributed by atoms with E-state index in [0.29, 0.717) is 18.3 Å². The van der Waals surface area contributed by atoms with E-state index in [1.165, 1.54) is 6.92 Å². The van der Waals surface area contributed by atoms with Crippen LogP contribution in [0.15, 0.2) is 53.4 Å². The zero-order valence-electron chi connectivity index (χ0n) is 13.9. The molecule has 1 aliphatic carbocycles. The fourth-order valence-electron chi connectivity index (χ4n) is 3.48. The van der Waals surface area contributed by atoms with E-state index in [1.54, 1.807) is 19.2 Å². The molecule has 7 heteroatoms. The van der Waals surface area contributed by atoms with Gasteiger partial charge in [-0.15, -0.1) is 0 Å². The van der Waals surface area contributed by atoms with Gasteiger partial charge in [-0.05, 0) is 37.3 Å². The van der Waals surface area contributed by atoms with Gasteiger partial charge in [0.1, 0.15) is 16.3 Å². The molecule has 128 valence electrons. The third-order valence-electron chi connectivity index (χ3n) is 4.33. The van der Waals surface area contributed by atoms with E-state index in [9.17, 15) is 9.59 Å². The van der Waals surface area contributed by atoms with Crippen molar-refractivity contribution in [3.63, 3.8) is 0 Å². The minimum Gasteiger partial charge on any atom is -0.461 e. The number of imidazole rings is 1. The minimum absolute atomic E-state index is 0.00901. The maximum Gasteiger partial charge on any atom is 0.355 e. The highest BCUT2D eigenvalue weighted by Crippen LogP contribution is 2.50. The topological polar surface area (TPSA) is 64.4 Å². The zero-order valence-corrected chi connectivity index (χ0v) is 14.7. The maximum atomic E-state index is 12.5. The Morgan fingerprint density at radius 1 is 1.40 bits per heavy atom. The van der Waals surface area contributed by atoms with E-state index in [4.69, 9.17) is 4.74 Å². The molecule has 3 heterocycles. The largest absolute Gasteiger partial charge is 0.461 e. The monoisotopic (exact) mass is 355 g/mol. The lowest BCUT2D eigenvalue weighted by Crippen LogP contribution is -2.46. The van der Waals surface area contributed by atoms with Gasteiger partial charge in [0, 0.05) is 6.92 Å².